The molecule has 2 aromatic rings. The van der Waals surface area contributed by atoms with Crippen LogP contribution >= 0.6 is 0 Å². The summed E-state index contributed by atoms with van der Waals surface area (Å²) < 4.78 is 7.40. The Balaban J connectivity index is 2.42. The number of aromatic nitrogens is 3. The van der Waals surface area contributed by atoms with Gasteiger partial charge in [0.2, 0.25) is 0 Å². The van der Waals surface area contributed by atoms with Crippen molar-refractivity contribution in [2.45, 2.75) is 20.0 Å². The maximum atomic E-state index is 5.52. The van der Waals surface area contributed by atoms with E-state index in [0.717, 1.165) is 16.9 Å². The van der Waals surface area contributed by atoms with Crippen molar-refractivity contribution < 1.29 is 4.74 Å². The van der Waals surface area contributed by atoms with Gasteiger partial charge in [-0.2, -0.15) is 0 Å². The third-order valence-electron chi connectivity index (χ3n) is 1.90. The van der Waals surface area contributed by atoms with Gasteiger partial charge in [0.15, 0.2) is 5.65 Å². The number of nitrogens with zero attached hydrogens (tertiary/aromatic N) is 3. The number of ether oxygens (including phenoxy) is 1. The van der Waals surface area contributed by atoms with Crippen LogP contribution in [-0.4, -0.2) is 20.6 Å². The van der Waals surface area contributed by atoms with Crippen LogP contribution < -0.4 is 4.74 Å². The molecule has 0 aliphatic rings. The van der Waals surface area contributed by atoms with Crippen LogP contribution in [-0.2, 0) is 7.05 Å². The van der Waals surface area contributed by atoms with Crippen LogP contribution in [0.3, 0.4) is 0 Å². The first kappa shape index (κ1) is 8.99. The number of imidazole rings is 1. The number of aryl methyl sites for hydroxylation is 1. The monoisotopic (exact) mass is 191 g/mol. The molecule has 2 heterocycles. The molecule has 0 atom stereocenters. The number of hydrogen-bond acceptors (Lipinski definition) is 3. The van der Waals surface area contributed by atoms with Gasteiger partial charge in [-0.25, -0.2) is 9.97 Å². The largest absolute Gasteiger partial charge is 0.489 e. The SMILES string of the molecule is CC(C)Oc1cnc2c(c1)ncn2C. The van der Waals surface area contributed by atoms with Crippen LogP contribution in [0.15, 0.2) is 18.6 Å². The fourth-order valence-corrected chi connectivity index (χ4v) is 1.33. The van der Waals surface area contributed by atoms with Crippen molar-refractivity contribution in [3.8, 4) is 5.75 Å². The van der Waals surface area contributed by atoms with E-state index in [1.165, 1.54) is 0 Å². The van der Waals surface area contributed by atoms with Crippen molar-refractivity contribution in [1.29, 1.82) is 0 Å². The molecule has 14 heavy (non-hydrogen) atoms. The number of hydrogen-bond donors (Lipinski definition) is 0. The second-order valence-electron chi connectivity index (χ2n) is 3.54. The van der Waals surface area contributed by atoms with Crippen LogP contribution in [0.2, 0.25) is 0 Å². The summed E-state index contributed by atoms with van der Waals surface area (Å²) in [5, 5.41) is 0. The summed E-state index contributed by atoms with van der Waals surface area (Å²) in [6, 6.07) is 1.91. The fraction of sp³-hybridized carbons (Fsp3) is 0.400. The van der Waals surface area contributed by atoms with Gasteiger partial charge in [-0.3, -0.25) is 0 Å². The molecule has 0 saturated carbocycles. The van der Waals surface area contributed by atoms with E-state index in [9.17, 15) is 0 Å². The third-order valence-corrected chi connectivity index (χ3v) is 1.90. The highest BCUT2D eigenvalue weighted by Gasteiger charge is 2.04. The lowest BCUT2D eigenvalue weighted by atomic mass is 10.4. The Hall–Kier alpha value is -1.58. The Bertz CT molecular complexity index is 448. The van der Waals surface area contributed by atoms with E-state index in [-0.39, 0.29) is 6.10 Å². The lowest BCUT2D eigenvalue weighted by Crippen LogP contribution is -2.05. The predicted octanol–water partition coefficient (Wildman–Crippen LogP) is 1.76. The van der Waals surface area contributed by atoms with Crippen molar-refractivity contribution in [3.05, 3.63) is 18.6 Å². The summed E-state index contributed by atoms with van der Waals surface area (Å²) in [5.41, 5.74) is 1.74. The van der Waals surface area contributed by atoms with Gasteiger partial charge in [-0.15, -0.1) is 0 Å². The molecule has 0 saturated heterocycles. The average Bonchev–Trinajstić information content (AvgIpc) is 2.46. The Morgan fingerprint density at radius 1 is 1.36 bits per heavy atom. The lowest BCUT2D eigenvalue weighted by Gasteiger charge is -2.08. The molecule has 0 bridgehead atoms. The van der Waals surface area contributed by atoms with Crippen molar-refractivity contribution >= 4 is 11.2 Å². The van der Waals surface area contributed by atoms with Crippen molar-refractivity contribution in [2.24, 2.45) is 7.05 Å². The van der Waals surface area contributed by atoms with E-state index >= 15 is 0 Å². The number of rotatable bonds is 2. The number of fused-ring (bicyclic) bond motifs is 1. The normalized spacial score (nSPS) is 11.1. The van der Waals surface area contributed by atoms with Crippen molar-refractivity contribution in [2.75, 3.05) is 0 Å². The van der Waals surface area contributed by atoms with Crippen molar-refractivity contribution in [3.63, 3.8) is 0 Å². The van der Waals surface area contributed by atoms with Gasteiger partial charge in [-0.05, 0) is 13.8 Å². The fourth-order valence-electron chi connectivity index (χ4n) is 1.33. The third kappa shape index (κ3) is 1.55. The zero-order valence-electron chi connectivity index (χ0n) is 8.56. The summed E-state index contributed by atoms with van der Waals surface area (Å²) in [7, 11) is 1.92. The van der Waals surface area contributed by atoms with E-state index < -0.39 is 0 Å². The molecule has 0 spiro atoms. The molecule has 4 heteroatoms. The predicted molar refractivity (Wildman–Crippen MR) is 54.3 cm³/mol. The van der Waals surface area contributed by atoms with Gasteiger partial charge in [0.05, 0.1) is 18.6 Å². The molecule has 0 radical (unpaired) electrons. The first-order chi connectivity index (χ1) is 6.66. The molecular weight excluding hydrogens is 178 g/mol. The molecule has 0 aliphatic carbocycles. The Morgan fingerprint density at radius 3 is 2.86 bits per heavy atom. The molecule has 4 nitrogen and oxygen atoms in total. The van der Waals surface area contributed by atoms with Gasteiger partial charge in [0.1, 0.15) is 11.3 Å². The summed E-state index contributed by atoms with van der Waals surface area (Å²) in [6.45, 7) is 3.98. The van der Waals surface area contributed by atoms with Crippen LogP contribution in [0, 0.1) is 0 Å². The molecule has 0 unspecified atom stereocenters. The summed E-state index contributed by atoms with van der Waals surface area (Å²) >= 11 is 0. The maximum absolute atomic E-state index is 5.52. The summed E-state index contributed by atoms with van der Waals surface area (Å²) in [4.78, 5) is 8.48. The van der Waals surface area contributed by atoms with Gasteiger partial charge in [-0.1, -0.05) is 0 Å². The second kappa shape index (κ2) is 3.29. The van der Waals surface area contributed by atoms with Crippen molar-refractivity contribution in [1.82, 2.24) is 14.5 Å². The maximum Gasteiger partial charge on any atom is 0.159 e. The molecule has 0 fully saturated rings. The molecule has 0 N–H and O–H groups in total. The van der Waals surface area contributed by atoms with Crippen LogP contribution in [0.1, 0.15) is 13.8 Å². The standard InChI is InChI=1S/C10H13N3O/c1-7(2)14-8-4-9-10(11-5-8)13(3)6-12-9/h4-7H,1-3H3. The van der Waals surface area contributed by atoms with E-state index in [1.54, 1.807) is 12.5 Å². The topological polar surface area (TPSA) is 39.9 Å². The molecule has 2 rings (SSSR count). The van der Waals surface area contributed by atoms with Gasteiger partial charge >= 0.3 is 0 Å². The van der Waals surface area contributed by atoms with Crippen LogP contribution in [0.4, 0.5) is 0 Å². The highest BCUT2D eigenvalue weighted by atomic mass is 16.5. The lowest BCUT2D eigenvalue weighted by molar-refractivity contribution is 0.242. The van der Waals surface area contributed by atoms with E-state index in [4.69, 9.17) is 4.74 Å². The average molecular weight is 191 g/mol. The minimum absolute atomic E-state index is 0.165. The molecule has 0 amide bonds. The zero-order chi connectivity index (χ0) is 10.1. The summed E-state index contributed by atoms with van der Waals surface area (Å²) in [6.07, 6.45) is 3.64. The molecule has 74 valence electrons. The highest BCUT2D eigenvalue weighted by molar-refractivity contribution is 5.71. The smallest absolute Gasteiger partial charge is 0.159 e. The number of pyridine rings is 1. The Morgan fingerprint density at radius 2 is 2.14 bits per heavy atom. The van der Waals surface area contributed by atoms with Crippen LogP contribution in [0.5, 0.6) is 5.75 Å². The minimum atomic E-state index is 0.165. The Kier molecular flexibility index (Phi) is 2.11. The molecule has 0 aliphatic heterocycles. The first-order valence-electron chi connectivity index (χ1n) is 4.60. The Labute approximate surface area is 82.5 Å². The highest BCUT2D eigenvalue weighted by Crippen LogP contribution is 2.17. The molecule has 0 aromatic carbocycles. The first-order valence-corrected chi connectivity index (χ1v) is 4.60. The van der Waals surface area contributed by atoms with Gasteiger partial charge in [0, 0.05) is 13.1 Å². The molecule has 2 aromatic heterocycles. The second-order valence-corrected chi connectivity index (χ2v) is 3.54. The van der Waals surface area contributed by atoms with Gasteiger partial charge < -0.3 is 9.30 Å². The quantitative estimate of drug-likeness (QED) is 0.726. The molecular formula is C10H13N3O. The van der Waals surface area contributed by atoms with E-state index in [1.807, 2.05) is 31.5 Å². The van der Waals surface area contributed by atoms with E-state index in [0.29, 0.717) is 0 Å². The van der Waals surface area contributed by atoms with Crippen LogP contribution in [0.25, 0.3) is 11.2 Å². The summed E-state index contributed by atoms with van der Waals surface area (Å²) in [5.74, 6) is 0.770. The zero-order valence-corrected chi connectivity index (χ0v) is 8.56. The van der Waals surface area contributed by atoms with E-state index in [2.05, 4.69) is 9.97 Å². The van der Waals surface area contributed by atoms with Gasteiger partial charge in [0.25, 0.3) is 0 Å². The minimum Gasteiger partial charge on any atom is -0.489 e.